The van der Waals surface area contributed by atoms with Crippen LogP contribution in [0.2, 0.25) is 0 Å². The zero-order chi connectivity index (χ0) is 13.7. The summed E-state index contributed by atoms with van der Waals surface area (Å²) in [6.07, 6.45) is 0.877. The number of rotatable bonds is 4. The molecular weight excluding hydrogens is 356 g/mol. The van der Waals surface area contributed by atoms with Gasteiger partial charge in [0.1, 0.15) is 5.82 Å². The molecule has 0 aliphatic heterocycles. The fraction of sp³-hybridized carbons (Fsp3) is 0.133. The Morgan fingerprint density at radius 2 is 1.95 bits per heavy atom. The Hall–Kier alpha value is -1.43. The Balaban J connectivity index is 1.88. The lowest BCUT2D eigenvalue weighted by Crippen LogP contribution is -2.12. The maximum Gasteiger partial charge on any atom is 0.224 e. The SMILES string of the molecule is O=C(CCc1cccc(F)c1)Nc1cccc(I)c1. The molecular formula is C15H13FINO. The average Bonchev–Trinajstić information content (AvgIpc) is 2.36. The van der Waals surface area contributed by atoms with Crippen molar-refractivity contribution in [3.63, 3.8) is 0 Å². The Kier molecular flexibility index (Phi) is 4.90. The van der Waals surface area contributed by atoms with Crippen molar-refractivity contribution in [2.45, 2.75) is 12.8 Å². The molecule has 2 rings (SSSR count). The molecule has 1 amide bonds. The first kappa shape index (κ1) is 14.0. The quantitative estimate of drug-likeness (QED) is 0.811. The van der Waals surface area contributed by atoms with Crippen molar-refractivity contribution in [2.24, 2.45) is 0 Å². The molecule has 0 fully saturated rings. The van der Waals surface area contributed by atoms with E-state index in [1.54, 1.807) is 6.07 Å². The van der Waals surface area contributed by atoms with Crippen LogP contribution in [0.5, 0.6) is 0 Å². The predicted octanol–water partition coefficient (Wildman–Crippen LogP) is 4.00. The number of nitrogens with one attached hydrogen (secondary N) is 1. The maximum atomic E-state index is 13.0. The fourth-order valence-electron chi connectivity index (χ4n) is 1.74. The molecule has 0 radical (unpaired) electrons. The van der Waals surface area contributed by atoms with Crippen molar-refractivity contribution >= 4 is 34.2 Å². The molecule has 0 unspecified atom stereocenters. The van der Waals surface area contributed by atoms with Gasteiger partial charge in [0.05, 0.1) is 0 Å². The molecule has 0 bridgehead atoms. The van der Waals surface area contributed by atoms with Crippen LogP contribution in [0.3, 0.4) is 0 Å². The molecule has 2 aromatic carbocycles. The second-order valence-electron chi connectivity index (χ2n) is 4.19. The number of benzene rings is 2. The minimum absolute atomic E-state index is 0.0636. The summed E-state index contributed by atoms with van der Waals surface area (Å²) in [5, 5.41) is 2.83. The number of amides is 1. The standard InChI is InChI=1S/C15H13FINO/c16-12-4-1-3-11(9-12)7-8-15(19)18-14-6-2-5-13(17)10-14/h1-6,9-10H,7-8H2,(H,18,19). The number of carbonyl (C=O) groups is 1. The summed E-state index contributed by atoms with van der Waals surface area (Å²) >= 11 is 2.19. The summed E-state index contributed by atoms with van der Waals surface area (Å²) < 4.78 is 14.1. The Labute approximate surface area is 125 Å². The normalized spacial score (nSPS) is 10.2. The first-order chi connectivity index (χ1) is 9.13. The van der Waals surface area contributed by atoms with Gasteiger partial charge in [0.2, 0.25) is 5.91 Å². The van der Waals surface area contributed by atoms with E-state index in [4.69, 9.17) is 0 Å². The van der Waals surface area contributed by atoms with E-state index >= 15 is 0 Å². The smallest absolute Gasteiger partial charge is 0.224 e. The van der Waals surface area contributed by atoms with Crippen molar-refractivity contribution in [1.29, 1.82) is 0 Å². The Morgan fingerprint density at radius 3 is 2.68 bits per heavy atom. The van der Waals surface area contributed by atoms with Gasteiger partial charge in [0, 0.05) is 15.7 Å². The highest BCUT2D eigenvalue weighted by Crippen LogP contribution is 2.13. The van der Waals surface area contributed by atoms with E-state index < -0.39 is 0 Å². The summed E-state index contributed by atoms with van der Waals surface area (Å²) in [5.41, 5.74) is 1.62. The van der Waals surface area contributed by atoms with Gasteiger partial charge >= 0.3 is 0 Å². The van der Waals surface area contributed by atoms with Crippen molar-refractivity contribution < 1.29 is 9.18 Å². The summed E-state index contributed by atoms with van der Waals surface area (Å²) in [4.78, 5) is 11.8. The third kappa shape index (κ3) is 4.63. The number of halogens is 2. The van der Waals surface area contributed by atoms with Crippen LogP contribution >= 0.6 is 22.6 Å². The van der Waals surface area contributed by atoms with Crippen LogP contribution < -0.4 is 5.32 Å². The van der Waals surface area contributed by atoms with Crippen molar-refractivity contribution in [3.05, 3.63) is 63.5 Å². The van der Waals surface area contributed by atoms with Gasteiger partial charge in [-0.15, -0.1) is 0 Å². The molecule has 2 aromatic rings. The van der Waals surface area contributed by atoms with Gasteiger partial charge in [-0.05, 0) is 64.9 Å². The van der Waals surface area contributed by atoms with Gasteiger partial charge in [0.25, 0.3) is 0 Å². The van der Waals surface area contributed by atoms with E-state index in [-0.39, 0.29) is 11.7 Å². The molecule has 0 aliphatic carbocycles. The molecule has 0 aliphatic rings. The van der Waals surface area contributed by atoms with Crippen molar-refractivity contribution in [1.82, 2.24) is 0 Å². The van der Waals surface area contributed by atoms with E-state index in [1.807, 2.05) is 30.3 Å². The molecule has 4 heteroatoms. The largest absolute Gasteiger partial charge is 0.326 e. The summed E-state index contributed by atoms with van der Waals surface area (Å²) in [6, 6.07) is 13.9. The second kappa shape index (κ2) is 6.65. The van der Waals surface area contributed by atoms with E-state index in [0.717, 1.165) is 14.8 Å². The first-order valence-corrected chi connectivity index (χ1v) is 7.01. The third-order valence-electron chi connectivity index (χ3n) is 2.64. The fourth-order valence-corrected chi connectivity index (χ4v) is 2.28. The molecule has 0 saturated heterocycles. The molecule has 2 nitrogen and oxygen atoms in total. The minimum Gasteiger partial charge on any atom is -0.326 e. The monoisotopic (exact) mass is 369 g/mol. The van der Waals surface area contributed by atoms with Gasteiger partial charge in [-0.25, -0.2) is 4.39 Å². The lowest BCUT2D eigenvalue weighted by Gasteiger charge is -2.05. The summed E-state index contributed by atoms with van der Waals surface area (Å²) in [5.74, 6) is -0.332. The molecule has 19 heavy (non-hydrogen) atoms. The first-order valence-electron chi connectivity index (χ1n) is 5.93. The number of hydrogen-bond donors (Lipinski definition) is 1. The topological polar surface area (TPSA) is 29.1 Å². The average molecular weight is 369 g/mol. The van der Waals surface area contributed by atoms with Gasteiger partial charge in [-0.2, -0.15) is 0 Å². The third-order valence-corrected chi connectivity index (χ3v) is 3.31. The molecule has 0 heterocycles. The van der Waals surface area contributed by atoms with Crippen LogP contribution in [0.25, 0.3) is 0 Å². The van der Waals surface area contributed by atoms with Crippen LogP contribution in [0.15, 0.2) is 48.5 Å². The van der Waals surface area contributed by atoms with Crippen LogP contribution in [0.4, 0.5) is 10.1 Å². The molecule has 0 saturated carbocycles. The predicted molar refractivity (Wildman–Crippen MR) is 82.5 cm³/mol. The number of carbonyl (C=O) groups excluding carboxylic acids is 1. The molecule has 0 atom stereocenters. The Morgan fingerprint density at radius 1 is 1.16 bits per heavy atom. The second-order valence-corrected chi connectivity index (χ2v) is 5.43. The van der Waals surface area contributed by atoms with Gasteiger partial charge in [0.15, 0.2) is 0 Å². The van der Waals surface area contributed by atoms with Crippen LogP contribution in [0.1, 0.15) is 12.0 Å². The van der Waals surface area contributed by atoms with Gasteiger partial charge in [-0.1, -0.05) is 18.2 Å². The number of hydrogen-bond acceptors (Lipinski definition) is 1. The molecule has 98 valence electrons. The van der Waals surface area contributed by atoms with E-state index in [9.17, 15) is 9.18 Å². The van der Waals surface area contributed by atoms with Crippen molar-refractivity contribution in [3.8, 4) is 0 Å². The van der Waals surface area contributed by atoms with Crippen LogP contribution in [-0.4, -0.2) is 5.91 Å². The van der Waals surface area contributed by atoms with Gasteiger partial charge < -0.3 is 5.32 Å². The van der Waals surface area contributed by atoms with Crippen LogP contribution in [-0.2, 0) is 11.2 Å². The summed E-state index contributed by atoms with van der Waals surface area (Å²) in [6.45, 7) is 0. The lowest BCUT2D eigenvalue weighted by atomic mass is 10.1. The highest BCUT2D eigenvalue weighted by atomic mass is 127. The van der Waals surface area contributed by atoms with E-state index in [2.05, 4.69) is 27.9 Å². The van der Waals surface area contributed by atoms with E-state index in [0.29, 0.717) is 12.8 Å². The molecule has 1 N–H and O–H groups in total. The highest BCUT2D eigenvalue weighted by molar-refractivity contribution is 14.1. The number of aryl methyl sites for hydroxylation is 1. The zero-order valence-electron chi connectivity index (χ0n) is 10.2. The Bertz CT molecular complexity index is 586. The minimum atomic E-state index is -0.268. The number of anilines is 1. The maximum absolute atomic E-state index is 13.0. The lowest BCUT2D eigenvalue weighted by molar-refractivity contribution is -0.116. The van der Waals surface area contributed by atoms with Crippen LogP contribution in [0, 0.1) is 9.39 Å². The summed E-state index contributed by atoms with van der Waals surface area (Å²) in [7, 11) is 0. The highest BCUT2D eigenvalue weighted by Gasteiger charge is 2.04. The van der Waals surface area contributed by atoms with E-state index in [1.165, 1.54) is 12.1 Å². The molecule has 0 spiro atoms. The van der Waals surface area contributed by atoms with Gasteiger partial charge in [-0.3, -0.25) is 4.79 Å². The van der Waals surface area contributed by atoms with Crippen molar-refractivity contribution in [2.75, 3.05) is 5.32 Å². The molecule has 0 aromatic heterocycles. The zero-order valence-corrected chi connectivity index (χ0v) is 12.4.